The van der Waals surface area contributed by atoms with Crippen molar-refractivity contribution in [2.75, 3.05) is 26.7 Å². The summed E-state index contributed by atoms with van der Waals surface area (Å²) in [6.07, 6.45) is -1.86. The summed E-state index contributed by atoms with van der Waals surface area (Å²) in [7, 11) is 1.27. The molecule has 1 unspecified atom stereocenters. The number of halogens is 3. The van der Waals surface area contributed by atoms with Gasteiger partial charge in [0.15, 0.2) is 0 Å². The Morgan fingerprint density at radius 1 is 1.30 bits per heavy atom. The van der Waals surface area contributed by atoms with E-state index in [-0.39, 0.29) is 30.8 Å². The highest BCUT2D eigenvalue weighted by atomic mass is 35.5. The SMILES string of the molecule is C[C@H]1CCC(=O)N1CC1c2c(OC/C(N)=C(\C(F)F)N(C)N)ccc(Cl)c2CCN1C(=O)OC(C)(C)C. The number of rotatable bonds is 7. The molecule has 2 atom stereocenters. The molecule has 2 aliphatic rings. The molecule has 2 heterocycles. The topological polar surface area (TPSA) is 114 Å². The Morgan fingerprint density at radius 3 is 2.51 bits per heavy atom. The number of carbonyl (C=O) groups is 2. The highest BCUT2D eigenvalue weighted by Crippen LogP contribution is 2.42. The summed E-state index contributed by atoms with van der Waals surface area (Å²) in [4.78, 5) is 29.3. The van der Waals surface area contributed by atoms with Crippen LogP contribution >= 0.6 is 11.6 Å². The van der Waals surface area contributed by atoms with Gasteiger partial charge < -0.3 is 25.1 Å². The number of carbonyl (C=O) groups excluding carboxylic acids is 2. The predicted molar refractivity (Wildman–Crippen MR) is 136 cm³/mol. The van der Waals surface area contributed by atoms with E-state index in [1.165, 1.54) is 7.05 Å². The average molecular weight is 544 g/mol. The Bertz CT molecular complexity index is 1050. The van der Waals surface area contributed by atoms with E-state index < -0.39 is 29.9 Å². The van der Waals surface area contributed by atoms with E-state index in [9.17, 15) is 18.4 Å². The maximum Gasteiger partial charge on any atom is 0.410 e. The van der Waals surface area contributed by atoms with Crippen LogP contribution < -0.4 is 16.3 Å². The molecule has 12 heteroatoms. The zero-order valence-electron chi connectivity index (χ0n) is 21.9. The molecule has 3 rings (SSSR count). The fraction of sp³-hybridized carbons (Fsp3) is 0.600. The molecule has 1 aromatic carbocycles. The lowest BCUT2D eigenvalue weighted by Gasteiger charge is -2.41. The van der Waals surface area contributed by atoms with Gasteiger partial charge in [-0.15, -0.1) is 0 Å². The van der Waals surface area contributed by atoms with Gasteiger partial charge in [0, 0.05) is 43.2 Å². The van der Waals surface area contributed by atoms with Crippen molar-refractivity contribution in [3.8, 4) is 5.75 Å². The van der Waals surface area contributed by atoms with Crippen LogP contribution in [0.5, 0.6) is 5.75 Å². The summed E-state index contributed by atoms with van der Waals surface area (Å²) in [6, 6.07) is 2.63. The zero-order chi connectivity index (χ0) is 27.7. The first-order chi connectivity index (χ1) is 17.2. The quantitative estimate of drug-likeness (QED) is 0.397. The van der Waals surface area contributed by atoms with E-state index >= 15 is 0 Å². The van der Waals surface area contributed by atoms with Gasteiger partial charge in [0.25, 0.3) is 6.43 Å². The first-order valence-electron chi connectivity index (χ1n) is 12.2. The van der Waals surface area contributed by atoms with Crippen LogP contribution in [0.2, 0.25) is 5.02 Å². The molecule has 37 heavy (non-hydrogen) atoms. The molecule has 0 saturated carbocycles. The third-order valence-electron chi connectivity index (χ3n) is 6.50. The molecule has 9 nitrogen and oxygen atoms in total. The third kappa shape index (κ3) is 6.56. The third-order valence-corrected chi connectivity index (χ3v) is 6.85. The molecule has 0 aliphatic carbocycles. The first kappa shape index (κ1) is 28.8. The summed E-state index contributed by atoms with van der Waals surface area (Å²) in [6.45, 7) is 7.46. The summed E-state index contributed by atoms with van der Waals surface area (Å²) < 4.78 is 38.5. The summed E-state index contributed by atoms with van der Waals surface area (Å²) in [5.41, 5.74) is 5.76. The molecule has 0 aromatic heterocycles. The zero-order valence-corrected chi connectivity index (χ0v) is 22.6. The molecular formula is C25H36ClF2N5O4. The molecule has 4 N–H and O–H groups in total. The Kier molecular flexibility index (Phi) is 8.79. The van der Waals surface area contributed by atoms with Crippen LogP contribution in [0.25, 0.3) is 0 Å². The number of fused-ring (bicyclic) bond motifs is 1. The average Bonchev–Trinajstić information content (AvgIpc) is 3.09. The van der Waals surface area contributed by atoms with Gasteiger partial charge in [-0.05, 0) is 58.2 Å². The van der Waals surface area contributed by atoms with Crippen molar-refractivity contribution < 1.29 is 27.8 Å². The number of nitrogens with zero attached hydrogens (tertiary/aromatic N) is 3. The second-order valence-electron chi connectivity index (χ2n) is 10.4. The number of amides is 2. The van der Waals surface area contributed by atoms with E-state index in [1.807, 2.05) is 6.92 Å². The summed E-state index contributed by atoms with van der Waals surface area (Å²) in [5.74, 6) is 5.85. The Hall–Kier alpha value is -2.79. The number of hydrogen-bond donors (Lipinski definition) is 2. The van der Waals surface area contributed by atoms with Crippen LogP contribution in [0.4, 0.5) is 13.6 Å². The van der Waals surface area contributed by atoms with Crippen LogP contribution in [0.3, 0.4) is 0 Å². The van der Waals surface area contributed by atoms with E-state index in [4.69, 9.17) is 32.7 Å². The monoisotopic (exact) mass is 543 g/mol. The molecule has 206 valence electrons. The van der Waals surface area contributed by atoms with Gasteiger partial charge in [0.2, 0.25) is 5.91 Å². The van der Waals surface area contributed by atoms with Gasteiger partial charge in [-0.2, -0.15) is 0 Å². The van der Waals surface area contributed by atoms with Crippen molar-refractivity contribution in [2.24, 2.45) is 11.6 Å². The molecule has 1 fully saturated rings. The van der Waals surface area contributed by atoms with Gasteiger partial charge in [-0.25, -0.2) is 19.4 Å². The van der Waals surface area contributed by atoms with Crippen LogP contribution in [0.1, 0.15) is 57.7 Å². The first-order valence-corrected chi connectivity index (χ1v) is 12.6. The largest absolute Gasteiger partial charge is 0.487 e. The molecule has 1 aromatic rings. The molecule has 0 bridgehead atoms. The Morgan fingerprint density at radius 2 is 1.97 bits per heavy atom. The van der Waals surface area contributed by atoms with Crippen molar-refractivity contribution in [1.82, 2.24) is 14.8 Å². The lowest BCUT2D eigenvalue weighted by atomic mass is 9.91. The maximum atomic E-state index is 13.5. The van der Waals surface area contributed by atoms with E-state index in [0.29, 0.717) is 42.1 Å². The minimum absolute atomic E-state index is 0.00538. The fourth-order valence-corrected chi connectivity index (χ4v) is 4.99. The highest BCUT2D eigenvalue weighted by molar-refractivity contribution is 6.31. The van der Waals surface area contributed by atoms with Gasteiger partial charge >= 0.3 is 6.09 Å². The minimum atomic E-state index is -2.89. The van der Waals surface area contributed by atoms with E-state index in [0.717, 1.165) is 10.6 Å². The second kappa shape index (κ2) is 11.3. The normalized spacial score (nSPS) is 20.6. The second-order valence-corrected chi connectivity index (χ2v) is 10.8. The number of ether oxygens (including phenoxy) is 2. The minimum Gasteiger partial charge on any atom is -0.487 e. The number of nitrogens with two attached hydrogens (primary N) is 2. The highest BCUT2D eigenvalue weighted by Gasteiger charge is 2.40. The molecule has 0 spiro atoms. The van der Waals surface area contributed by atoms with E-state index in [2.05, 4.69) is 0 Å². The number of benzene rings is 1. The van der Waals surface area contributed by atoms with Crippen LogP contribution in [-0.2, 0) is 16.0 Å². The van der Waals surface area contributed by atoms with Crippen molar-refractivity contribution in [3.63, 3.8) is 0 Å². The van der Waals surface area contributed by atoms with Crippen molar-refractivity contribution in [1.29, 1.82) is 0 Å². The Balaban J connectivity index is 2.05. The smallest absolute Gasteiger partial charge is 0.410 e. The molecule has 1 saturated heterocycles. The molecule has 0 radical (unpaired) electrons. The van der Waals surface area contributed by atoms with Gasteiger partial charge in [0.1, 0.15) is 23.7 Å². The number of hydrogen-bond acceptors (Lipinski definition) is 7. The van der Waals surface area contributed by atoms with Crippen LogP contribution in [0, 0.1) is 0 Å². The van der Waals surface area contributed by atoms with Gasteiger partial charge in [-0.3, -0.25) is 9.69 Å². The molecular weight excluding hydrogens is 508 g/mol. The van der Waals surface area contributed by atoms with Crippen LogP contribution in [0.15, 0.2) is 23.5 Å². The molecule has 2 aliphatic heterocycles. The number of allylic oxidation sites excluding steroid dienone is 1. The van der Waals surface area contributed by atoms with Crippen molar-refractivity contribution in [2.45, 2.75) is 71.1 Å². The molecule has 2 amide bonds. The summed E-state index contributed by atoms with van der Waals surface area (Å²) in [5, 5.41) is 1.24. The fourth-order valence-electron chi connectivity index (χ4n) is 4.73. The van der Waals surface area contributed by atoms with Gasteiger partial charge in [-0.1, -0.05) is 11.6 Å². The predicted octanol–water partition coefficient (Wildman–Crippen LogP) is 3.80. The number of hydrazine groups is 1. The maximum absolute atomic E-state index is 13.5. The van der Waals surface area contributed by atoms with E-state index in [1.54, 1.807) is 42.7 Å². The summed E-state index contributed by atoms with van der Waals surface area (Å²) >= 11 is 6.56. The lowest BCUT2D eigenvalue weighted by Crippen LogP contribution is -2.48. The Labute approximate surface area is 221 Å². The standard InChI is InChI=1S/C25H36ClF2N5O4/c1-14-6-9-20(34)33(14)12-18-21-15(10-11-32(18)24(35)37-25(2,3)4)16(26)7-8-19(21)36-13-17(29)22(23(27)28)31(5)30/h7-8,14,18,23H,6,9-13,29-30H2,1-5H3/b22-17-/t14-,18?/m0/s1. The number of alkyl halides is 2. The van der Waals surface area contributed by atoms with Crippen molar-refractivity contribution in [3.05, 3.63) is 39.7 Å². The lowest BCUT2D eigenvalue weighted by molar-refractivity contribution is -0.129. The number of likely N-dealkylation sites (tertiary alicyclic amines) is 1. The van der Waals surface area contributed by atoms with Crippen LogP contribution in [-0.4, -0.2) is 71.6 Å². The van der Waals surface area contributed by atoms with Crippen molar-refractivity contribution >= 4 is 23.6 Å². The van der Waals surface area contributed by atoms with Gasteiger partial charge in [0.05, 0.1) is 11.7 Å².